The molecule has 7 heteroatoms. The van der Waals surface area contributed by atoms with Crippen LogP contribution in [-0.4, -0.2) is 29.1 Å². The number of amidine groups is 1. The van der Waals surface area contributed by atoms with Gasteiger partial charge in [-0.15, -0.1) is 0 Å². The zero-order valence-electron chi connectivity index (χ0n) is 19.0. The number of amides is 1. The number of nitrogens with zero attached hydrogens (tertiary/aromatic N) is 2. The number of allylic oxidation sites excluding steroid dienone is 1. The molecule has 0 aliphatic carbocycles. The molecule has 1 unspecified atom stereocenters. The van der Waals surface area contributed by atoms with Crippen molar-refractivity contribution in [2.24, 2.45) is 4.99 Å². The molecular formula is C26H27N3O3S. The Kier molecular flexibility index (Phi) is 6.99. The highest BCUT2D eigenvalue weighted by molar-refractivity contribution is 8.16. The number of thioether (sulfide) groups is 1. The average Bonchev–Trinajstić information content (AvgIpc) is 3.23. The molecule has 2 heterocycles. The SMILES string of the molecule is CCC1=C(C(=O)OC)C(c2cccc(C)c2)N2C(CC(=O)NCc3ccccc3)=CSC2=N1. The summed E-state index contributed by atoms with van der Waals surface area (Å²) in [7, 11) is 1.39. The summed E-state index contributed by atoms with van der Waals surface area (Å²) in [5.74, 6) is -0.481. The molecule has 2 aromatic rings. The minimum Gasteiger partial charge on any atom is -0.466 e. The second-order valence-electron chi connectivity index (χ2n) is 7.95. The molecular weight excluding hydrogens is 434 g/mol. The molecule has 170 valence electrons. The van der Waals surface area contributed by atoms with E-state index in [0.717, 1.165) is 33.3 Å². The Balaban J connectivity index is 1.64. The smallest absolute Gasteiger partial charge is 0.338 e. The highest BCUT2D eigenvalue weighted by Crippen LogP contribution is 2.45. The fourth-order valence-corrected chi connectivity index (χ4v) is 5.03. The highest BCUT2D eigenvalue weighted by Gasteiger charge is 2.41. The van der Waals surface area contributed by atoms with Crippen LogP contribution in [0.5, 0.6) is 0 Å². The first kappa shape index (κ1) is 22.9. The minimum atomic E-state index is -0.400. The van der Waals surface area contributed by atoms with Gasteiger partial charge in [0.05, 0.1) is 30.8 Å². The van der Waals surface area contributed by atoms with Crippen molar-refractivity contribution in [1.29, 1.82) is 0 Å². The number of aliphatic imine (C=N–C) groups is 1. The van der Waals surface area contributed by atoms with Gasteiger partial charge in [-0.1, -0.05) is 78.8 Å². The lowest BCUT2D eigenvalue weighted by Crippen LogP contribution is -2.38. The third kappa shape index (κ3) is 4.88. The summed E-state index contributed by atoms with van der Waals surface area (Å²) in [5.41, 5.74) is 5.15. The quantitative estimate of drug-likeness (QED) is 0.598. The fraction of sp³-hybridized carbons (Fsp3) is 0.269. The molecule has 1 atom stereocenters. The van der Waals surface area contributed by atoms with E-state index < -0.39 is 12.0 Å². The van der Waals surface area contributed by atoms with E-state index in [1.807, 2.05) is 72.7 Å². The van der Waals surface area contributed by atoms with Crippen LogP contribution < -0.4 is 5.32 Å². The number of carbonyl (C=O) groups is 2. The summed E-state index contributed by atoms with van der Waals surface area (Å²) >= 11 is 1.48. The zero-order chi connectivity index (χ0) is 23.4. The van der Waals surface area contributed by atoms with Crippen LogP contribution in [-0.2, 0) is 20.9 Å². The Morgan fingerprint density at radius 1 is 1.15 bits per heavy atom. The number of fused-ring (bicyclic) bond motifs is 1. The number of ether oxygens (including phenoxy) is 1. The van der Waals surface area contributed by atoms with E-state index in [0.29, 0.717) is 18.5 Å². The number of benzene rings is 2. The number of hydrogen-bond acceptors (Lipinski definition) is 6. The van der Waals surface area contributed by atoms with Crippen LogP contribution >= 0.6 is 11.8 Å². The first-order valence-electron chi connectivity index (χ1n) is 10.9. The molecule has 0 spiro atoms. The molecule has 0 fully saturated rings. The predicted molar refractivity (Wildman–Crippen MR) is 131 cm³/mol. The van der Waals surface area contributed by atoms with Gasteiger partial charge in [0.15, 0.2) is 5.17 Å². The van der Waals surface area contributed by atoms with Gasteiger partial charge in [0.25, 0.3) is 0 Å². The van der Waals surface area contributed by atoms with Crippen molar-refractivity contribution < 1.29 is 14.3 Å². The van der Waals surface area contributed by atoms with E-state index in [2.05, 4.69) is 11.4 Å². The number of esters is 1. The molecule has 0 aromatic heterocycles. The van der Waals surface area contributed by atoms with Gasteiger partial charge in [0.1, 0.15) is 0 Å². The number of nitrogens with one attached hydrogen (secondary N) is 1. The molecule has 0 radical (unpaired) electrons. The normalized spacial score (nSPS) is 17.3. The van der Waals surface area contributed by atoms with Crippen molar-refractivity contribution in [2.75, 3.05) is 7.11 Å². The van der Waals surface area contributed by atoms with Crippen LogP contribution in [0.3, 0.4) is 0 Å². The number of methoxy groups -OCH3 is 1. The monoisotopic (exact) mass is 461 g/mol. The van der Waals surface area contributed by atoms with Crippen LogP contribution in [0.25, 0.3) is 0 Å². The van der Waals surface area contributed by atoms with Gasteiger partial charge in [0.2, 0.25) is 5.91 Å². The third-order valence-electron chi connectivity index (χ3n) is 5.66. The average molecular weight is 462 g/mol. The van der Waals surface area contributed by atoms with Crippen molar-refractivity contribution in [3.05, 3.63) is 93.7 Å². The molecule has 2 aliphatic heterocycles. The van der Waals surface area contributed by atoms with Gasteiger partial charge < -0.3 is 15.0 Å². The van der Waals surface area contributed by atoms with Gasteiger partial charge in [0, 0.05) is 12.2 Å². The zero-order valence-corrected chi connectivity index (χ0v) is 19.8. The van der Waals surface area contributed by atoms with Gasteiger partial charge >= 0.3 is 5.97 Å². The Bertz CT molecular complexity index is 1150. The van der Waals surface area contributed by atoms with Crippen molar-refractivity contribution in [1.82, 2.24) is 10.2 Å². The number of aryl methyl sites for hydroxylation is 1. The van der Waals surface area contributed by atoms with E-state index in [9.17, 15) is 9.59 Å². The molecule has 2 aromatic carbocycles. The van der Waals surface area contributed by atoms with Crippen LogP contribution in [0.15, 0.2) is 82.0 Å². The molecule has 6 nitrogen and oxygen atoms in total. The summed E-state index contributed by atoms with van der Waals surface area (Å²) in [6.07, 6.45) is 0.800. The van der Waals surface area contributed by atoms with Gasteiger partial charge in [-0.25, -0.2) is 9.79 Å². The minimum absolute atomic E-state index is 0.0835. The lowest BCUT2D eigenvalue weighted by molar-refractivity contribution is -0.136. The van der Waals surface area contributed by atoms with Crippen molar-refractivity contribution in [3.63, 3.8) is 0 Å². The van der Waals surface area contributed by atoms with E-state index in [1.54, 1.807) is 0 Å². The van der Waals surface area contributed by atoms with Crippen LogP contribution in [0.4, 0.5) is 0 Å². The van der Waals surface area contributed by atoms with Crippen molar-refractivity contribution in [3.8, 4) is 0 Å². The molecule has 4 rings (SSSR count). The summed E-state index contributed by atoms with van der Waals surface area (Å²) in [6, 6.07) is 17.5. The lowest BCUT2D eigenvalue weighted by Gasteiger charge is -2.36. The number of hydrogen-bond donors (Lipinski definition) is 1. The molecule has 1 N–H and O–H groups in total. The molecule has 0 bridgehead atoms. The maximum Gasteiger partial charge on any atom is 0.338 e. The van der Waals surface area contributed by atoms with E-state index in [4.69, 9.17) is 9.73 Å². The summed E-state index contributed by atoms with van der Waals surface area (Å²) in [6.45, 7) is 4.47. The fourth-order valence-electron chi connectivity index (χ4n) is 4.09. The Labute approximate surface area is 198 Å². The standard InChI is InChI=1S/C26H27N3O3S/c1-4-21-23(25(31)32-3)24(19-12-8-9-17(2)13-19)29-20(16-33-26(29)28-21)14-22(30)27-15-18-10-6-5-7-11-18/h5-13,16,24H,4,14-15H2,1-3H3,(H,27,30). The lowest BCUT2D eigenvalue weighted by atomic mass is 9.92. The first-order chi connectivity index (χ1) is 16.0. The molecule has 2 aliphatic rings. The van der Waals surface area contributed by atoms with Crippen LogP contribution in [0.1, 0.15) is 42.5 Å². The highest BCUT2D eigenvalue weighted by atomic mass is 32.2. The van der Waals surface area contributed by atoms with Gasteiger partial charge in [-0.05, 0) is 29.9 Å². The molecule has 0 saturated carbocycles. The summed E-state index contributed by atoms with van der Waals surface area (Å²) in [4.78, 5) is 32.5. The Morgan fingerprint density at radius 2 is 1.94 bits per heavy atom. The van der Waals surface area contributed by atoms with Gasteiger partial charge in [-0.2, -0.15) is 0 Å². The molecule has 33 heavy (non-hydrogen) atoms. The molecule has 0 saturated heterocycles. The van der Waals surface area contributed by atoms with E-state index in [1.165, 1.54) is 18.9 Å². The number of rotatable bonds is 7. The van der Waals surface area contributed by atoms with E-state index >= 15 is 0 Å². The Morgan fingerprint density at radius 3 is 2.64 bits per heavy atom. The van der Waals surface area contributed by atoms with E-state index in [-0.39, 0.29) is 12.3 Å². The maximum atomic E-state index is 12.9. The number of carbonyl (C=O) groups excluding carboxylic acids is 2. The third-order valence-corrected chi connectivity index (χ3v) is 6.55. The topological polar surface area (TPSA) is 71.0 Å². The van der Waals surface area contributed by atoms with Crippen LogP contribution in [0, 0.1) is 6.92 Å². The van der Waals surface area contributed by atoms with Crippen LogP contribution in [0.2, 0.25) is 0 Å². The van der Waals surface area contributed by atoms with Gasteiger partial charge in [-0.3, -0.25) is 4.79 Å². The maximum absolute atomic E-state index is 12.9. The largest absolute Gasteiger partial charge is 0.466 e. The van der Waals surface area contributed by atoms with Crippen molar-refractivity contribution in [2.45, 2.75) is 39.3 Å². The Hall–Kier alpha value is -3.32. The summed E-state index contributed by atoms with van der Waals surface area (Å²) in [5, 5.41) is 5.72. The van der Waals surface area contributed by atoms with Crippen molar-refractivity contribution >= 4 is 28.8 Å². The summed E-state index contributed by atoms with van der Waals surface area (Å²) < 4.78 is 5.16. The first-order valence-corrected chi connectivity index (χ1v) is 11.8. The second-order valence-corrected chi connectivity index (χ2v) is 8.79. The predicted octanol–water partition coefficient (Wildman–Crippen LogP) is 4.84. The second kappa shape index (κ2) is 10.1. The molecule has 1 amide bonds.